The lowest BCUT2D eigenvalue weighted by molar-refractivity contribution is 0.0512. The number of rotatable bonds is 8. The van der Waals surface area contributed by atoms with Crippen LogP contribution in [0, 0.1) is 6.92 Å². The maximum absolute atomic E-state index is 12.7. The number of aromatic nitrogens is 2. The Hall–Kier alpha value is -2.13. The number of imidazole rings is 1. The van der Waals surface area contributed by atoms with Gasteiger partial charge in [0, 0.05) is 24.7 Å². The summed E-state index contributed by atoms with van der Waals surface area (Å²) in [4.78, 5) is 33.8. The van der Waals surface area contributed by atoms with E-state index in [4.69, 9.17) is 13.9 Å². The molecule has 2 rings (SSSR count). The second-order valence-electron chi connectivity index (χ2n) is 9.48. The minimum atomic E-state index is -1.99. The Morgan fingerprint density at radius 1 is 1.32 bits per heavy atom. The lowest BCUT2D eigenvalue weighted by atomic mass is 10.1. The van der Waals surface area contributed by atoms with Gasteiger partial charge in [0.15, 0.2) is 8.32 Å². The highest BCUT2D eigenvalue weighted by Gasteiger charge is 2.44. The summed E-state index contributed by atoms with van der Waals surface area (Å²) in [5.41, 5.74) is 1.53. The summed E-state index contributed by atoms with van der Waals surface area (Å²) in [6, 6.07) is -0.124. The molecule has 1 amide bonds. The van der Waals surface area contributed by atoms with Gasteiger partial charge in [-0.05, 0) is 38.4 Å². The zero-order chi connectivity index (χ0) is 23.4. The summed E-state index contributed by atoms with van der Waals surface area (Å²) in [5.74, 6) is -0.299. The molecule has 31 heavy (non-hydrogen) atoms. The predicted octanol–water partition coefficient (Wildman–Crippen LogP) is 4.22. The summed E-state index contributed by atoms with van der Waals surface area (Å²) in [5, 5.41) is 0.0772. The molecule has 1 saturated heterocycles. The van der Waals surface area contributed by atoms with Gasteiger partial charge in [-0.2, -0.15) is 0 Å². The maximum Gasteiger partial charge on any atom is 0.410 e. The Morgan fingerprint density at radius 2 is 2.00 bits per heavy atom. The second kappa shape index (κ2) is 9.99. The number of aryl methyl sites for hydroxylation is 1. The molecule has 2 atom stereocenters. The van der Waals surface area contributed by atoms with Crippen LogP contribution < -0.4 is 0 Å². The molecular formula is C22H37N3O5Si. The SMILES string of the molecule is C=CCOC(=O)N1C[C@H](O[Si](C)(C)C(C)(C)C)C[C@H]1Cc1[nH]c(C(=O)OCC)nc1C. The second-order valence-corrected chi connectivity index (χ2v) is 14.2. The number of carbonyl (C=O) groups excluding carboxylic acids is 2. The van der Waals surface area contributed by atoms with Gasteiger partial charge in [-0.1, -0.05) is 33.4 Å². The highest BCUT2D eigenvalue weighted by atomic mass is 28.4. The summed E-state index contributed by atoms with van der Waals surface area (Å²) >= 11 is 0. The standard InChI is InChI=1S/C22H37N3O5Si/c1-9-11-29-21(27)25-14-17(30-31(7,8)22(4,5)6)12-16(25)13-18-15(3)23-19(24-18)20(26)28-10-2/h9,16-17H,1,10-14H2,2-8H3,(H,23,24)/t16-,17+/m0/s1. The Kier molecular flexibility index (Phi) is 8.10. The first kappa shape index (κ1) is 25.1. The van der Waals surface area contributed by atoms with Crippen LogP contribution in [0.15, 0.2) is 12.7 Å². The third-order valence-electron chi connectivity index (χ3n) is 6.10. The summed E-state index contributed by atoms with van der Waals surface area (Å²) < 4.78 is 16.9. The maximum atomic E-state index is 12.7. The van der Waals surface area contributed by atoms with E-state index in [1.54, 1.807) is 17.9 Å². The molecule has 9 heteroatoms. The third kappa shape index (κ3) is 6.19. The first-order valence-electron chi connectivity index (χ1n) is 10.8. The van der Waals surface area contributed by atoms with Gasteiger partial charge in [-0.25, -0.2) is 14.6 Å². The summed E-state index contributed by atoms with van der Waals surface area (Å²) in [6.07, 6.45) is 2.34. The number of hydrogen-bond acceptors (Lipinski definition) is 6. The van der Waals surface area contributed by atoms with Crippen LogP contribution in [0.5, 0.6) is 0 Å². The number of ether oxygens (including phenoxy) is 2. The Balaban J connectivity index is 2.20. The van der Waals surface area contributed by atoms with Gasteiger partial charge in [0.2, 0.25) is 5.82 Å². The Bertz CT molecular complexity index is 800. The molecule has 2 heterocycles. The highest BCUT2D eigenvalue weighted by molar-refractivity contribution is 6.74. The lowest BCUT2D eigenvalue weighted by Gasteiger charge is -2.38. The van der Waals surface area contributed by atoms with Crippen molar-refractivity contribution in [2.24, 2.45) is 0 Å². The minimum absolute atomic E-state index is 0.0603. The van der Waals surface area contributed by atoms with Crippen molar-refractivity contribution in [3.05, 3.63) is 29.9 Å². The zero-order valence-corrected chi connectivity index (χ0v) is 20.9. The van der Waals surface area contributed by atoms with Crippen molar-refractivity contribution in [1.82, 2.24) is 14.9 Å². The van der Waals surface area contributed by atoms with Gasteiger partial charge in [0.05, 0.1) is 18.4 Å². The predicted molar refractivity (Wildman–Crippen MR) is 122 cm³/mol. The van der Waals surface area contributed by atoms with Crippen molar-refractivity contribution >= 4 is 20.4 Å². The summed E-state index contributed by atoms with van der Waals surface area (Å²) in [7, 11) is -1.99. The number of carbonyl (C=O) groups is 2. The molecule has 174 valence electrons. The Morgan fingerprint density at radius 3 is 2.58 bits per heavy atom. The van der Waals surface area contributed by atoms with E-state index in [-0.39, 0.29) is 42.3 Å². The fourth-order valence-corrected chi connectivity index (χ4v) is 4.77. The van der Waals surface area contributed by atoms with Crippen LogP contribution in [0.1, 0.15) is 56.1 Å². The van der Waals surface area contributed by atoms with Crippen molar-refractivity contribution in [2.45, 2.75) is 77.7 Å². The van der Waals surface area contributed by atoms with E-state index >= 15 is 0 Å². The fraction of sp³-hybridized carbons (Fsp3) is 0.682. The van der Waals surface area contributed by atoms with E-state index in [9.17, 15) is 9.59 Å². The van der Waals surface area contributed by atoms with Crippen LogP contribution in [0.4, 0.5) is 4.79 Å². The summed E-state index contributed by atoms with van der Waals surface area (Å²) in [6.45, 7) is 19.2. The van der Waals surface area contributed by atoms with Crippen LogP contribution in [0.25, 0.3) is 0 Å². The molecule has 0 aromatic carbocycles. The van der Waals surface area contributed by atoms with Crippen LogP contribution in [-0.4, -0.2) is 67.2 Å². The van der Waals surface area contributed by atoms with Gasteiger partial charge in [-0.15, -0.1) is 0 Å². The molecule has 1 fully saturated rings. The van der Waals surface area contributed by atoms with Gasteiger partial charge in [0.25, 0.3) is 0 Å². The number of aromatic amines is 1. The molecule has 1 N–H and O–H groups in total. The largest absolute Gasteiger partial charge is 0.460 e. The number of likely N-dealkylation sites (tertiary alicyclic amines) is 1. The van der Waals surface area contributed by atoms with Crippen molar-refractivity contribution in [1.29, 1.82) is 0 Å². The number of esters is 1. The zero-order valence-electron chi connectivity index (χ0n) is 19.9. The molecule has 1 aliphatic heterocycles. The van der Waals surface area contributed by atoms with Gasteiger partial charge in [-0.3, -0.25) is 0 Å². The number of H-pyrrole nitrogens is 1. The van der Waals surface area contributed by atoms with Gasteiger partial charge in [0.1, 0.15) is 6.61 Å². The van der Waals surface area contributed by atoms with E-state index in [0.717, 1.165) is 11.4 Å². The molecular weight excluding hydrogens is 414 g/mol. The van der Waals surface area contributed by atoms with E-state index in [1.807, 2.05) is 6.92 Å². The fourth-order valence-electron chi connectivity index (χ4n) is 3.41. The number of amides is 1. The van der Waals surface area contributed by atoms with E-state index < -0.39 is 14.3 Å². The molecule has 0 radical (unpaired) electrons. The molecule has 1 aromatic rings. The molecule has 0 spiro atoms. The first-order valence-corrected chi connectivity index (χ1v) is 13.7. The topological polar surface area (TPSA) is 93.8 Å². The van der Waals surface area contributed by atoms with Crippen LogP contribution in [0.2, 0.25) is 18.1 Å². The molecule has 0 aliphatic carbocycles. The minimum Gasteiger partial charge on any atom is -0.460 e. The van der Waals surface area contributed by atoms with Crippen molar-refractivity contribution in [2.75, 3.05) is 19.8 Å². The number of nitrogens with one attached hydrogen (secondary N) is 1. The molecule has 0 unspecified atom stereocenters. The molecule has 1 aromatic heterocycles. The number of hydrogen-bond donors (Lipinski definition) is 1. The number of nitrogens with zero attached hydrogens (tertiary/aromatic N) is 2. The van der Waals surface area contributed by atoms with E-state index in [2.05, 4.69) is 50.4 Å². The van der Waals surface area contributed by atoms with Crippen LogP contribution >= 0.6 is 0 Å². The van der Waals surface area contributed by atoms with Crippen molar-refractivity contribution in [3.63, 3.8) is 0 Å². The lowest BCUT2D eigenvalue weighted by Crippen LogP contribution is -2.44. The molecule has 0 saturated carbocycles. The van der Waals surface area contributed by atoms with Gasteiger partial charge < -0.3 is 23.8 Å². The van der Waals surface area contributed by atoms with E-state index in [1.165, 1.54) is 0 Å². The molecule has 1 aliphatic rings. The van der Waals surface area contributed by atoms with Crippen molar-refractivity contribution < 1.29 is 23.5 Å². The van der Waals surface area contributed by atoms with Crippen LogP contribution in [-0.2, 0) is 20.3 Å². The molecule has 0 bridgehead atoms. The first-order chi connectivity index (χ1) is 14.4. The Labute approximate surface area is 186 Å². The van der Waals surface area contributed by atoms with E-state index in [0.29, 0.717) is 19.4 Å². The average Bonchev–Trinajstić information content (AvgIpc) is 3.22. The smallest absolute Gasteiger partial charge is 0.410 e. The quantitative estimate of drug-likeness (QED) is 0.361. The monoisotopic (exact) mass is 451 g/mol. The third-order valence-corrected chi connectivity index (χ3v) is 10.6. The normalized spacial score (nSPS) is 19.4. The highest BCUT2D eigenvalue weighted by Crippen LogP contribution is 2.39. The van der Waals surface area contributed by atoms with Crippen molar-refractivity contribution in [3.8, 4) is 0 Å². The molecule has 8 nitrogen and oxygen atoms in total. The van der Waals surface area contributed by atoms with Crippen LogP contribution in [0.3, 0.4) is 0 Å². The average molecular weight is 452 g/mol. The van der Waals surface area contributed by atoms with Gasteiger partial charge >= 0.3 is 12.1 Å².